The SMILES string of the molecule is CNC1=CC(=O)c2c(C(=O)NCCCC[C@@H]3NC(=O)[C@@H](C(C)C)NC(=O)[C@H](C(C)C)NC(=O)[C@@H](C)NC(=O)[C@H](C(C)C)NC(=O)[C@@H](CC(C)C)NC(=O)[C@@H](Cc4ccccc4)NC(=O)[C@H](C(C)C)NC3=O)cncc2C1=O. The zero-order valence-electron chi connectivity index (χ0n) is 46.3. The molecule has 9 amide bonds. The first kappa shape index (κ1) is 62.0. The summed E-state index contributed by atoms with van der Waals surface area (Å²) < 4.78 is 0. The number of likely N-dealkylation sites (N-methyl/N-ethyl adjacent to an activating group) is 1. The molecule has 2 heterocycles. The van der Waals surface area contributed by atoms with Gasteiger partial charge in [0.25, 0.3) is 5.91 Å². The summed E-state index contributed by atoms with van der Waals surface area (Å²) in [5.41, 5.74) is 0.512. The second-order valence-electron chi connectivity index (χ2n) is 21.5. The Morgan fingerprint density at radius 1 is 0.558 bits per heavy atom. The predicted molar refractivity (Wildman–Crippen MR) is 286 cm³/mol. The Morgan fingerprint density at radius 3 is 1.56 bits per heavy atom. The molecule has 420 valence electrons. The van der Waals surface area contributed by atoms with Crippen molar-refractivity contribution in [1.29, 1.82) is 0 Å². The van der Waals surface area contributed by atoms with Gasteiger partial charge >= 0.3 is 0 Å². The molecule has 4 rings (SSSR count). The number of Topliss-reactive ketones (excluding diaryl/α,β-unsaturated/α-hetero) is 1. The van der Waals surface area contributed by atoms with Crippen molar-refractivity contribution in [3.05, 3.63) is 76.8 Å². The third-order valence-corrected chi connectivity index (χ3v) is 13.3. The lowest BCUT2D eigenvalue weighted by molar-refractivity contribution is -0.137. The highest BCUT2D eigenvalue weighted by molar-refractivity contribution is 6.27. The average Bonchev–Trinajstić information content (AvgIpc) is 3.36. The van der Waals surface area contributed by atoms with E-state index in [-0.39, 0.29) is 67.0 Å². The number of carbonyl (C=O) groups excluding carboxylic acids is 11. The highest BCUT2D eigenvalue weighted by Gasteiger charge is 2.38. The van der Waals surface area contributed by atoms with Crippen LogP contribution in [0.2, 0.25) is 0 Å². The maximum absolute atomic E-state index is 14.5. The van der Waals surface area contributed by atoms with Crippen LogP contribution in [0.5, 0.6) is 0 Å². The number of benzene rings is 1. The first-order valence-corrected chi connectivity index (χ1v) is 26.5. The molecule has 22 heteroatoms. The van der Waals surface area contributed by atoms with Crippen LogP contribution in [0.15, 0.2) is 54.5 Å². The van der Waals surface area contributed by atoms with Gasteiger partial charge in [0.05, 0.1) is 16.8 Å². The number of nitrogens with one attached hydrogen (secondary N) is 10. The van der Waals surface area contributed by atoms with E-state index in [2.05, 4.69) is 58.2 Å². The molecule has 1 aromatic carbocycles. The molecule has 1 fully saturated rings. The molecule has 8 atom stereocenters. The second-order valence-corrected chi connectivity index (χ2v) is 21.5. The number of carbonyl (C=O) groups is 11. The van der Waals surface area contributed by atoms with Crippen molar-refractivity contribution in [2.24, 2.45) is 29.6 Å². The summed E-state index contributed by atoms with van der Waals surface area (Å²) in [6.45, 7) is 18.6. The molecule has 0 saturated carbocycles. The number of amides is 9. The van der Waals surface area contributed by atoms with Gasteiger partial charge in [0, 0.05) is 44.0 Å². The highest BCUT2D eigenvalue weighted by atomic mass is 16.2. The van der Waals surface area contributed by atoms with Crippen LogP contribution in [0, 0.1) is 29.6 Å². The molecular formula is C55H79N11O11. The summed E-state index contributed by atoms with van der Waals surface area (Å²) in [4.78, 5) is 157. The van der Waals surface area contributed by atoms with Gasteiger partial charge in [-0.3, -0.25) is 57.7 Å². The molecule has 10 N–H and O–H groups in total. The summed E-state index contributed by atoms with van der Waals surface area (Å²) in [5, 5.41) is 27.3. The standard InChI is InChI=1S/C55H79N11O11/c1-27(2)22-38-51(73)65-42(28(3)4)52(74)59-32(11)47(69)63-45(31(9)10)55(77)66-44(30(7)8)53(75)60-36(20-16-17-21-58-48(70)35-26-57-25-34-41(35)40(67)24-37(56-12)46(34)68)49(71)64-43(29(5)6)54(76)62-39(50(72)61-38)23-33-18-14-13-15-19-33/h13-15,18-19,24-32,36,38-39,42-45,56H,16-17,20-23H2,1-12H3,(H,58,70)(H,59,74)(H,60,75)(H,61,72)(H,62,76)(H,63,69)(H,64,71)(H,65,73)(H,66,77)/t32-,36+,38-,39-,42+,43+,44-,45+/m1/s1. The van der Waals surface area contributed by atoms with Crippen molar-refractivity contribution in [3.8, 4) is 0 Å². The zero-order chi connectivity index (χ0) is 57.4. The molecular weight excluding hydrogens is 991 g/mol. The van der Waals surface area contributed by atoms with Gasteiger partial charge in [0.2, 0.25) is 53.0 Å². The smallest absolute Gasteiger partial charge is 0.253 e. The topological polar surface area (TPSA) is 321 Å². The molecule has 0 unspecified atom stereocenters. The molecule has 0 bridgehead atoms. The molecule has 1 aliphatic heterocycles. The van der Waals surface area contributed by atoms with Gasteiger partial charge < -0.3 is 53.2 Å². The maximum atomic E-state index is 14.5. The number of ketones is 2. The normalized spacial score (nSPS) is 23.9. The van der Waals surface area contributed by atoms with Crippen molar-refractivity contribution >= 4 is 64.7 Å². The van der Waals surface area contributed by atoms with E-state index in [0.29, 0.717) is 5.56 Å². The van der Waals surface area contributed by atoms with Crippen LogP contribution in [0.25, 0.3) is 0 Å². The average molecular weight is 1070 g/mol. The maximum Gasteiger partial charge on any atom is 0.253 e. The molecule has 2 aromatic rings. The number of nitrogens with zero attached hydrogens (tertiary/aromatic N) is 1. The van der Waals surface area contributed by atoms with E-state index in [1.54, 1.807) is 85.7 Å². The summed E-state index contributed by atoms with van der Waals surface area (Å²) in [6, 6.07) is -1.08. The number of hydrogen-bond donors (Lipinski definition) is 10. The van der Waals surface area contributed by atoms with Crippen LogP contribution in [0.1, 0.15) is 138 Å². The van der Waals surface area contributed by atoms with E-state index in [1.807, 2.05) is 13.8 Å². The van der Waals surface area contributed by atoms with Crippen LogP contribution in [0.4, 0.5) is 0 Å². The van der Waals surface area contributed by atoms with Crippen molar-refractivity contribution in [2.75, 3.05) is 13.6 Å². The fourth-order valence-electron chi connectivity index (χ4n) is 8.80. The highest BCUT2D eigenvalue weighted by Crippen LogP contribution is 2.23. The predicted octanol–water partition coefficient (Wildman–Crippen LogP) is 1.29. The van der Waals surface area contributed by atoms with E-state index in [4.69, 9.17) is 0 Å². The molecule has 1 saturated heterocycles. The van der Waals surface area contributed by atoms with Gasteiger partial charge in [-0.1, -0.05) is 99.6 Å². The number of fused-ring (bicyclic) bond motifs is 1. The monoisotopic (exact) mass is 1070 g/mol. The van der Waals surface area contributed by atoms with Gasteiger partial charge in [0.1, 0.15) is 48.3 Å². The number of rotatable bonds is 15. The van der Waals surface area contributed by atoms with Gasteiger partial charge in [-0.05, 0) is 67.8 Å². The van der Waals surface area contributed by atoms with Crippen LogP contribution < -0.4 is 53.2 Å². The minimum absolute atomic E-state index is 0.0224. The van der Waals surface area contributed by atoms with Gasteiger partial charge in [-0.15, -0.1) is 0 Å². The molecule has 2 aliphatic rings. The molecule has 0 spiro atoms. The van der Waals surface area contributed by atoms with Crippen LogP contribution in [0.3, 0.4) is 0 Å². The molecule has 1 aromatic heterocycles. The van der Waals surface area contributed by atoms with Gasteiger partial charge in [-0.2, -0.15) is 0 Å². The van der Waals surface area contributed by atoms with E-state index < -0.39 is 137 Å². The van der Waals surface area contributed by atoms with Gasteiger partial charge in [-0.25, -0.2) is 0 Å². The Morgan fingerprint density at radius 2 is 1.03 bits per heavy atom. The molecule has 77 heavy (non-hydrogen) atoms. The zero-order valence-corrected chi connectivity index (χ0v) is 46.3. The summed E-state index contributed by atoms with van der Waals surface area (Å²) in [7, 11) is 1.49. The van der Waals surface area contributed by atoms with Crippen molar-refractivity contribution in [2.45, 2.75) is 157 Å². The molecule has 22 nitrogen and oxygen atoms in total. The Hall–Kier alpha value is -7.52. The minimum Gasteiger partial charge on any atom is -0.385 e. The Kier molecular flexibility index (Phi) is 23.0. The number of allylic oxidation sites excluding steroid dienone is 2. The lowest BCUT2D eigenvalue weighted by Gasteiger charge is -2.31. The second kappa shape index (κ2) is 28.6. The van der Waals surface area contributed by atoms with Crippen LogP contribution >= 0.6 is 0 Å². The van der Waals surface area contributed by atoms with Crippen molar-refractivity contribution < 1.29 is 52.7 Å². The Balaban J connectivity index is 1.71. The van der Waals surface area contributed by atoms with Crippen LogP contribution in [-0.4, -0.2) is 132 Å². The van der Waals surface area contributed by atoms with Gasteiger partial charge in [0.15, 0.2) is 5.78 Å². The largest absolute Gasteiger partial charge is 0.385 e. The number of pyridine rings is 1. The van der Waals surface area contributed by atoms with E-state index >= 15 is 0 Å². The summed E-state index contributed by atoms with van der Waals surface area (Å²) in [6.07, 6.45) is 4.03. The third kappa shape index (κ3) is 17.2. The van der Waals surface area contributed by atoms with Crippen LogP contribution in [-0.2, 0) is 44.8 Å². The van der Waals surface area contributed by atoms with E-state index in [0.717, 1.165) is 6.08 Å². The number of hydrogen-bond acceptors (Lipinski definition) is 13. The van der Waals surface area contributed by atoms with Crippen molar-refractivity contribution in [1.82, 2.24) is 58.2 Å². The fraction of sp³-hybridized carbons (Fsp3) is 0.564. The van der Waals surface area contributed by atoms with E-state index in [1.165, 1.54) is 26.4 Å². The lowest BCUT2D eigenvalue weighted by Crippen LogP contribution is -2.63. The number of unbranched alkanes of at least 4 members (excludes halogenated alkanes) is 1. The third-order valence-electron chi connectivity index (χ3n) is 13.3. The molecule has 0 radical (unpaired) electrons. The first-order chi connectivity index (χ1) is 36.2. The fourth-order valence-corrected chi connectivity index (χ4v) is 8.80. The lowest BCUT2D eigenvalue weighted by atomic mass is 9.90. The quantitative estimate of drug-likeness (QED) is 0.113. The van der Waals surface area contributed by atoms with Crippen molar-refractivity contribution in [3.63, 3.8) is 0 Å². The summed E-state index contributed by atoms with van der Waals surface area (Å²) >= 11 is 0. The Bertz CT molecular complexity index is 2550. The first-order valence-electron chi connectivity index (χ1n) is 26.5. The minimum atomic E-state index is -1.34. The summed E-state index contributed by atoms with van der Waals surface area (Å²) in [5.74, 6) is -9.84. The van der Waals surface area contributed by atoms with E-state index in [9.17, 15) is 52.7 Å². The number of aromatic nitrogens is 1. The molecule has 1 aliphatic carbocycles. The Labute approximate surface area is 450 Å².